The van der Waals surface area contributed by atoms with E-state index in [9.17, 15) is 19.7 Å². The number of carbonyl (C=O) groups is 2. The number of nitrogens with zero attached hydrogens (tertiary/aromatic N) is 2. The molecule has 0 atom stereocenters. The third-order valence-corrected chi connectivity index (χ3v) is 4.11. The number of fused-ring (bicyclic) bond motifs is 1. The highest BCUT2D eigenvalue weighted by Crippen LogP contribution is 2.28. The van der Waals surface area contributed by atoms with Gasteiger partial charge in [0.1, 0.15) is 5.69 Å². The van der Waals surface area contributed by atoms with Crippen molar-refractivity contribution in [2.45, 2.75) is 0 Å². The maximum absolute atomic E-state index is 12.4. The number of rotatable bonds is 6. The van der Waals surface area contributed by atoms with Gasteiger partial charge in [-0.15, -0.1) is 0 Å². The highest BCUT2D eigenvalue weighted by atomic mass is 16.6. The van der Waals surface area contributed by atoms with E-state index >= 15 is 0 Å². The van der Waals surface area contributed by atoms with E-state index in [4.69, 9.17) is 4.74 Å². The molecule has 3 aromatic rings. The van der Waals surface area contributed by atoms with Gasteiger partial charge in [-0.3, -0.25) is 14.9 Å². The molecular formula is C19H17N3O5. The molecule has 138 valence electrons. The van der Waals surface area contributed by atoms with Crippen LogP contribution in [0.4, 0.5) is 11.4 Å². The number of carbonyl (C=O) groups excluding carboxylic acids is 2. The average Bonchev–Trinajstić information content (AvgIpc) is 3.09. The summed E-state index contributed by atoms with van der Waals surface area (Å²) in [6, 6.07) is 11.3. The molecule has 0 aliphatic rings. The summed E-state index contributed by atoms with van der Waals surface area (Å²) in [7, 11) is 3.33. The lowest BCUT2D eigenvalue weighted by atomic mass is 10.1. The van der Waals surface area contributed by atoms with Crippen molar-refractivity contribution >= 4 is 34.0 Å². The quantitative estimate of drug-likeness (QED) is 0.310. The van der Waals surface area contributed by atoms with Crippen LogP contribution in [0, 0.1) is 10.1 Å². The second-order valence-corrected chi connectivity index (χ2v) is 6.10. The zero-order chi connectivity index (χ0) is 19.6. The number of aromatic amines is 1. The van der Waals surface area contributed by atoms with Crippen LogP contribution in [0.15, 0.2) is 48.7 Å². The van der Waals surface area contributed by atoms with Crippen LogP contribution in [-0.2, 0) is 4.74 Å². The maximum atomic E-state index is 12.4. The first-order valence-corrected chi connectivity index (χ1v) is 8.10. The van der Waals surface area contributed by atoms with Crippen LogP contribution < -0.4 is 4.90 Å². The van der Waals surface area contributed by atoms with Crippen molar-refractivity contribution in [3.05, 3.63) is 69.9 Å². The van der Waals surface area contributed by atoms with Crippen molar-refractivity contribution in [2.75, 3.05) is 25.6 Å². The Morgan fingerprint density at radius 3 is 2.63 bits per heavy atom. The van der Waals surface area contributed by atoms with Crippen LogP contribution >= 0.6 is 0 Å². The number of nitro groups is 1. The molecule has 27 heavy (non-hydrogen) atoms. The van der Waals surface area contributed by atoms with E-state index in [0.717, 1.165) is 17.0 Å². The molecule has 1 heterocycles. The number of hydrogen-bond donors (Lipinski definition) is 1. The number of nitro benzene ring substituents is 1. The van der Waals surface area contributed by atoms with Gasteiger partial charge in [0.25, 0.3) is 5.69 Å². The highest BCUT2D eigenvalue weighted by Gasteiger charge is 2.20. The molecule has 1 N–H and O–H groups in total. The van der Waals surface area contributed by atoms with E-state index in [-0.39, 0.29) is 17.0 Å². The maximum Gasteiger partial charge on any atom is 0.338 e. The molecule has 0 saturated carbocycles. The van der Waals surface area contributed by atoms with E-state index in [1.54, 1.807) is 31.3 Å². The minimum absolute atomic E-state index is 0.0130. The van der Waals surface area contributed by atoms with E-state index in [0.29, 0.717) is 11.3 Å². The minimum Gasteiger partial charge on any atom is -0.454 e. The number of nitrogens with one attached hydrogen (secondary N) is 1. The number of Topliss-reactive ketones (excluding diaryl/α,β-unsaturated/α-hetero) is 1. The molecule has 1 aromatic heterocycles. The molecule has 0 aliphatic heterocycles. The number of esters is 1. The average molecular weight is 367 g/mol. The van der Waals surface area contributed by atoms with Gasteiger partial charge in [-0.25, -0.2) is 4.79 Å². The number of hydrogen-bond acceptors (Lipinski definition) is 6. The Balaban J connectivity index is 1.75. The summed E-state index contributed by atoms with van der Waals surface area (Å²) in [6.07, 6.45) is 1.57. The van der Waals surface area contributed by atoms with Gasteiger partial charge in [0.2, 0.25) is 5.78 Å². The predicted octanol–water partition coefficient (Wildman–Crippen LogP) is 3.18. The van der Waals surface area contributed by atoms with E-state index in [1.165, 1.54) is 12.1 Å². The van der Waals surface area contributed by atoms with Crippen molar-refractivity contribution in [1.82, 2.24) is 4.98 Å². The fourth-order valence-electron chi connectivity index (χ4n) is 2.77. The number of benzene rings is 2. The summed E-state index contributed by atoms with van der Waals surface area (Å²) < 4.78 is 5.06. The molecule has 0 spiro atoms. The molecule has 0 aliphatic carbocycles. The zero-order valence-corrected chi connectivity index (χ0v) is 14.8. The summed E-state index contributed by atoms with van der Waals surface area (Å²) >= 11 is 0. The molecule has 8 heteroatoms. The van der Waals surface area contributed by atoms with Gasteiger partial charge in [0.05, 0.1) is 10.5 Å². The monoisotopic (exact) mass is 367 g/mol. The van der Waals surface area contributed by atoms with Gasteiger partial charge in [-0.05, 0) is 18.2 Å². The number of para-hydroxylation sites is 1. The smallest absolute Gasteiger partial charge is 0.338 e. The molecule has 2 aromatic carbocycles. The Labute approximate surface area is 154 Å². The lowest BCUT2D eigenvalue weighted by Gasteiger charge is -2.13. The Morgan fingerprint density at radius 2 is 1.93 bits per heavy atom. The van der Waals surface area contributed by atoms with Gasteiger partial charge in [0.15, 0.2) is 6.61 Å². The standard InChI is InChI=1S/C19H17N3O5/c1-21(2)16-8-7-12(9-17(16)22(25)26)19(24)27-11-18(23)14-10-20-15-6-4-3-5-13(14)15/h3-10,20H,11H2,1-2H3. The number of ketones is 1. The first-order valence-electron chi connectivity index (χ1n) is 8.10. The summed E-state index contributed by atoms with van der Waals surface area (Å²) in [5, 5.41) is 12.0. The fraction of sp³-hybridized carbons (Fsp3) is 0.158. The van der Waals surface area contributed by atoms with Gasteiger partial charge >= 0.3 is 5.97 Å². The van der Waals surface area contributed by atoms with Crippen molar-refractivity contribution in [3.63, 3.8) is 0 Å². The van der Waals surface area contributed by atoms with Gasteiger partial charge in [0, 0.05) is 42.8 Å². The Hall–Kier alpha value is -3.68. The molecule has 0 bridgehead atoms. The third kappa shape index (κ3) is 3.64. The SMILES string of the molecule is CN(C)c1ccc(C(=O)OCC(=O)c2c[nH]c3ccccc23)cc1[N+](=O)[O-]. The molecule has 0 unspecified atom stereocenters. The first-order chi connectivity index (χ1) is 12.9. The third-order valence-electron chi connectivity index (χ3n) is 4.11. The van der Waals surface area contributed by atoms with Crippen molar-refractivity contribution < 1.29 is 19.2 Å². The topological polar surface area (TPSA) is 106 Å². The second-order valence-electron chi connectivity index (χ2n) is 6.10. The van der Waals surface area contributed by atoms with Crippen LogP contribution in [0.3, 0.4) is 0 Å². The largest absolute Gasteiger partial charge is 0.454 e. The molecule has 0 fully saturated rings. The molecule has 0 radical (unpaired) electrons. The molecule has 0 saturated heterocycles. The van der Waals surface area contributed by atoms with Gasteiger partial charge in [-0.2, -0.15) is 0 Å². The molecule has 3 rings (SSSR count). The fourth-order valence-corrected chi connectivity index (χ4v) is 2.77. The molecule has 0 amide bonds. The summed E-state index contributed by atoms with van der Waals surface area (Å²) in [6.45, 7) is -0.454. The van der Waals surface area contributed by atoms with E-state index < -0.39 is 17.5 Å². The van der Waals surface area contributed by atoms with Crippen LogP contribution in [0.5, 0.6) is 0 Å². The normalized spacial score (nSPS) is 10.6. The van der Waals surface area contributed by atoms with Crippen molar-refractivity contribution in [3.8, 4) is 0 Å². The molecular weight excluding hydrogens is 350 g/mol. The van der Waals surface area contributed by atoms with Crippen molar-refractivity contribution in [1.29, 1.82) is 0 Å². The summed E-state index contributed by atoms with van der Waals surface area (Å²) in [5.41, 5.74) is 1.40. The predicted molar refractivity (Wildman–Crippen MR) is 100 cm³/mol. The van der Waals surface area contributed by atoms with Crippen LogP contribution in [0.2, 0.25) is 0 Å². The number of anilines is 1. The zero-order valence-electron chi connectivity index (χ0n) is 14.8. The summed E-state index contributed by atoms with van der Waals surface area (Å²) in [4.78, 5) is 39.8. The van der Waals surface area contributed by atoms with Gasteiger partial charge in [-0.1, -0.05) is 18.2 Å². The number of ether oxygens (including phenoxy) is 1. The lowest BCUT2D eigenvalue weighted by Crippen LogP contribution is -2.15. The van der Waals surface area contributed by atoms with Gasteiger partial charge < -0.3 is 14.6 Å². The first kappa shape index (κ1) is 18.1. The Kier molecular flexibility index (Phi) is 4.89. The highest BCUT2D eigenvalue weighted by molar-refractivity contribution is 6.09. The number of aromatic nitrogens is 1. The Bertz CT molecular complexity index is 1040. The summed E-state index contributed by atoms with van der Waals surface area (Å²) in [5.74, 6) is -1.16. The number of H-pyrrole nitrogens is 1. The lowest BCUT2D eigenvalue weighted by molar-refractivity contribution is -0.384. The van der Waals surface area contributed by atoms with E-state index in [1.807, 2.05) is 18.2 Å². The minimum atomic E-state index is -0.795. The van der Waals surface area contributed by atoms with Crippen LogP contribution in [0.1, 0.15) is 20.7 Å². The van der Waals surface area contributed by atoms with Crippen molar-refractivity contribution in [2.24, 2.45) is 0 Å². The van der Waals surface area contributed by atoms with Crippen LogP contribution in [0.25, 0.3) is 10.9 Å². The van der Waals surface area contributed by atoms with E-state index in [2.05, 4.69) is 4.98 Å². The Morgan fingerprint density at radius 1 is 1.19 bits per heavy atom. The van der Waals surface area contributed by atoms with Crippen LogP contribution in [-0.4, -0.2) is 42.4 Å². The second kappa shape index (κ2) is 7.28. The molecule has 8 nitrogen and oxygen atoms in total.